The molecule has 6 nitrogen and oxygen atoms in total. The molecule has 0 bridgehead atoms. The van der Waals surface area contributed by atoms with Crippen molar-refractivity contribution in [3.8, 4) is 0 Å². The Labute approximate surface area is 185 Å². The van der Waals surface area contributed by atoms with Gasteiger partial charge in [0.05, 0.1) is 20.8 Å². The number of benzene rings is 1. The zero-order valence-corrected chi connectivity index (χ0v) is 18.1. The molecule has 1 saturated carbocycles. The third-order valence-electron chi connectivity index (χ3n) is 5.80. The molecule has 180 valence electrons. The highest BCUT2D eigenvalue weighted by Gasteiger charge is 2.49. The fraction of sp³-hybridized carbons (Fsp3) is 0.450. The molecule has 1 aliphatic rings. The van der Waals surface area contributed by atoms with Crippen molar-refractivity contribution in [2.24, 2.45) is 5.92 Å². The van der Waals surface area contributed by atoms with Gasteiger partial charge in [0.25, 0.3) is 5.91 Å². The van der Waals surface area contributed by atoms with Crippen LogP contribution in [-0.4, -0.2) is 35.1 Å². The van der Waals surface area contributed by atoms with E-state index in [1.165, 1.54) is 13.8 Å². The normalized spacial score (nSPS) is 19.6. The average Bonchev–Trinajstić information content (AvgIpc) is 2.68. The highest BCUT2D eigenvalue weighted by molar-refractivity contribution is 7.92. The summed E-state index contributed by atoms with van der Waals surface area (Å²) < 4.78 is 101. The van der Waals surface area contributed by atoms with Gasteiger partial charge in [-0.15, -0.1) is 0 Å². The van der Waals surface area contributed by atoms with Crippen LogP contribution in [-0.2, 0) is 22.2 Å². The van der Waals surface area contributed by atoms with E-state index < -0.39 is 66.7 Å². The van der Waals surface area contributed by atoms with Crippen LogP contribution in [0.1, 0.15) is 48.4 Å². The van der Waals surface area contributed by atoms with Gasteiger partial charge in [0, 0.05) is 18.4 Å². The Kier molecular flexibility index (Phi) is 6.24. The number of carbonyl (C=O) groups is 1. The van der Waals surface area contributed by atoms with E-state index in [2.05, 4.69) is 15.3 Å². The first-order chi connectivity index (χ1) is 15.0. The highest BCUT2D eigenvalue weighted by atomic mass is 32.2. The maximum Gasteiger partial charge on any atom is 0.419 e. The van der Waals surface area contributed by atoms with E-state index >= 15 is 0 Å². The van der Waals surface area contributed by atoms with Gasteiger partial charge in [-0.25, -0.2) is 18.4 Å². The van der Waals surface area contributed by atoms with Crippen LogP contribution in [0.2, 0.25) is 0 Å². The van der Waals surface area contributed by atoms with Gasteiger partial charge in [0.1, 0.15) is 0 Å². The average molecular weight is 495 g/mol. The van der Waals surface area contributed by atoms with Crippen LogP contribution < -0.4 is 5.32 Å². The Hall–Kier alpha value is -2.70. The molecule has 0 radical (unpaired) electrons. The molecule has 1 aliphatic carbocycles. The van der Waals surface area contributed by atoms with Gasteiger partial charge in [0.15, 0.2) is 9.84 Å². The zero-order chi connectivity index (χ0) is 24.8. The second-order valence-electron chi connectivity index (χ2n) is 8.26. The summed E-state index contributed by atoms with van der Waals surface area (Å²) in [6.45, 7) is 2.81. The van der Waals surface area contributed by atoms with Gasteiger partial charge in [-0.2, -0.15) is 26.3 Å². The standard InChI is InChI=1S/C20H19F6N3O3S/c1-18(2,33(31,32)15-5-3-4-11(8-15)19(21,22)23)12-6-14(7-12)29-17(30)16-27-9-13(10-28-16)20(24,25)26/h3-5,8-10,12,14H,6-7H2,1-2H3,(H,29,30)/t12-,14+. The van der Waals surface area contributed by atoms with Crippen LogP contribution in [0, 0.1) is 5.92 Å². The number of nitrogens with one attached hydrogen (secondary N) is 1. The molecular weight excluding hydrogens is 476 g/mol. The van der Waals surface area contributed by atoms with E-state index in [0.29, 0.717) is 18.5 Å². The van der Waals surface area contributed by atoms with Gasteiger partial charge >= 0.3 is 12.4 Å². The first-order valence-corrected chi connectivity index (χ1v) is 11.1. The van der Waals surface area contributed by atoms with Gasteiger partial charge in [0.2, 0.25) is 5.82 Å². The Bertz CT molecular complexity index is 1140. The Morgan fingerprint density at radius 2 is 1.52 bits per heavy atom. The lowest BCUT2D eigenvalue weighted by Gasteiger charge is -2.44. The van der Waals surface area contributed by atoms with E-state index in [1.54, 1.807) is 0 Å². The van der Waals surface area contributed by atoms with Crippen LogP contribution in [0.3, 0.4) is 0 Å². The lowest BCUT2D eigenvalue weighted by molar-refractivity contribution is -0.138. The fourth-order valence-corrected chi connectivity index (χ4v) is 5.29. The summed E-state index contributed by atoms with van der Waals surface area (Å²) in [5, 5.41) is 2.52. The molecule has 0 aliphatic heterocycles. The molecule has 1 aromatic heterocycles. The van der Waals surface area contributed by atoms with Crippen LogP contribution in [0.5, 0.6) is 0 Å². The maximum absolute atomic E-state index is 13.1. The minimum absolute atomic E-state index is 0.206. The SMILES string of the molecule is CC(C)([C@H]1C[C@@H](NC(=O)c2ncc(C(F)(F)F)cn2)C1)S(=O)(=O)c1cccc(C(F)(F)F)c1. The molecule has 0 atom stereocenters. The second kappa shape index (κ2) is 8.26. The van der Waals surface area contributed by atoms with Crippen molar-refractivity contribution in [1.29, 1.82) is 0 Å². The summed E-state index contributed by atoms with van der Waals surface area (Å²) in [4.78, 5) is 18.5. The second-order valence-corrected chi connectivity index (χ2v) is 10.8. The predicted octanol–water partition coefficient (Wildman–Crippen LogP) is 4.28. The van der Waals surface area contributed by atoms with Crippen molar-refractivity contribution in [2.45, 2.75) is 54.7 Å². The van der Waals surface area contributed by atoms with Crippen molar-refractivity contribution in [2.75, 3.05) is 0 Å². The van der Waals surface area contributed by atoms with E-state index in [4.69, 9.17) is 0 Å². The number of amides is 1. The van der Waals surface area contributed by atoms with Gasteiger partial charge in [-0.3, -0.25) is 4.79 Å². The number of sulfone groups is 1. The summed E-state index contributed by atoms with van der Waals surface area (Å²) >= 11 is 0. The molecule has 13 heteroatoms. The molecule has 2 aromatic rings. The van der Waals surface area contributed by atoms with E-state index in [-0.39, 0.29) is 12.8 Å². The van der Waals surface area contributed by atoms with Crippen LogP contribution in [0.25, 0.3) is 0 Å². The summed E-state index contributed by atoms with van der Waals surface area (Å²) in [6.07, 6.45) is -7.96. The number of halogens is 6. The maximum atomic E-state index is 13.1. The smallest absolute Gasteiger partial charge is 0.347 e. The Morgan fingerprint density at radius 3 is 2.03 bits per heavy atom. The number of carbonyl (C=O) groups excluding carboxylic acids is 1. The number of hydrogen-bond donors (Lipinski definition) is 1. The van der Waals surface area contributed by atoms with E-state index in [1.807, 2.05) is 0 Å². The topological polar surface area (TPSA) is 89.0 Å². The summed E-state index contributed by atoms with van der Waals surface area (Å²) in [5.41, 5.74) is -2.18. The monoisotopic (exact) mass is 495 g/mol. The molecule has 33 heavy (non-hydrogen) atoms. The van der Waals surface area contributed by atoms with Crippen molar-refractivity contribution in [1.82, 2.24) is 15.3 Å². The Morgan fingerprint density at radius 1 is 0.970 bits per heavy atom. The minimum atomic E-state index is -4.69. The molecule has 1 heterocycles. The van der Waals surface area contributed by atoms with E-state index in [0.717, 1.165) is 18.2 Å². The molecule has 0 spiro atoms. The van der Waals surface area contributed by atoms with Crippen molar-refractivity contribution in [3.63, 3.8) is 0 Å². The van der Waals surface area contributed by atoms with Crippen LogP contribution in [0.15, 0.2) is 41.6 Å². The lowest BCUT2D eigenvalue weighted by Crippen LogP contribution is -2.53. The fourth-order valence-electron chi connectivity index (χ4n) is 3.51. The molecule has 1 amide bonds. The number of aromatic nitrogens is 2. The molecular formula is C20H19F6N3O3S. The molecule has 1 fully saturated rings. The van der Waals surface area contributed by atoms with Crippen molar-refractivity contribution in [3.05, 3.63) is 53.6 Å². The first-order valence-electron chi connectivity index (χ1n) is 9.65. The van der Waals surface area contributed by atoms with Gasteiger partial charge < -0.3 is 5.32 Å². The number of nitrogens with zero attached hydrogens (tertiary/aromatic N) is 2. The van der Waals surface area contributed by atoms with E-state index in [9.17, 15) is 39.6 Å². The van der Waals surface area contributed by atoms with Crippen molar-refractivity contribution < 1.29 is 39.6 Å². The quantitative estimate of drug-likeness (QED) is 0.626. The predicted molar refractivity (Wildman–Crippen MR) is 104 cm³/mol. The van der Waals surface area contributed by atoms with Crippen molar-refractivity contribution >= 4 is 15.7 Å². The zero-order valence-electron chi connectivity index (χ0n) is 17.3. The molecule has 0 unspecified atom stereocenters. The van der Waals surface area contributed by atoms with Gasteiger partial charge in [-0.1, -0.05) is 6.07 Å². The molecule has 3 rings (SSSR count). The number of alkyl halides is 6. The summed E-state index contributed by atoms with van der Waals surface area (Å²) in [7, 11) is -4.15. The number of hydrogen-bond acceptors (Lipinski definition) is 5. The highest BCUT2D eigenvalue weighted by Crippen LogP contribution is 2.44. The Balaban J connectivity index is 1.66. The van der Waals surface area contributed by atoms with Crippen LogP contribution >= 0.6 is 0 Å². The first kappa shape index (κ1) is 24.9. The lowest BCUT2D eigenvalue weighted by atomic mass is 9.73. The number of rotatable bonds is 5. The minimum Gasteiger partial charge on any atom is -0.347 e. The summed E-state index contributed by atoms with van der Waals surface area (Å²) in [6, 6.07) is 3.02. The van der Waals surface area contributed by atoms with Crippen LogP contribution in [0.4, 0.5) is 26.3 Å². The van der Waals surface area contributed by atoms with Gasteiger partial charge in [-0.05, 0) is 50.8 Å². The summed E-state index contributed by atoms with van der Waals surface area (Å²) in [5.74, 6) is -1.76. The third-order valence-corrected chi connectivity index (χ3v) is 8.40. The molecule has 1 N–H and O–H groups in total. The third kappa shape index (κ3) is 4.97. The largest absolute Gasteiger partial charge is 0.419 e. The molecule has 1 aromatic carbocycles. The molecule has 0 saturated heterocycles.